The molecule has 0 radical (unpaired) electrons. The molecule has 0 heterocycles. The number of carbonyl (C=O) groups is 1. The van der Waals surface area contributed by atoms with Crippen LogP contribution in [0.15, 0.2) is 12.2 Å². The van der Waals surface area contributed by atoms with Crippen LogP contribution in [0.1, 0.15) is 12.8 Å². The Morgan fingerprint density at radius 2 is 1.85 bits per heavy atom. The molecule has 7 heteroatoms. The summed E-state index contributed by atoms with van der Waals surface area (Å²) < 4.78 is 28.6. The Labute approximate surface area is 98.9 Å². The molecule has 2 N–H and O–H groups in total. The van der Waals surface area contributed by atoms with E-state index in [4.69, 9.17) is 9.66 Å². The van der Waals surface area contributed by atoms with E-state index in [1.165, 1.54) is 0 Å². The van der Waals surface area contributed by atoms with Crippen LogP contribution in [0.2, 0.25) is 0 Å². The van der Waals surface area contributed by atoms with Gasteiger partial charge in [0.1, 0.15) is 0 Å². The number of aliphatic carboxylic acids is 1. The molecule has 13 heavy (non-hydrogen) atoms. The summed E-state index contributed by atoms with van der Waals surface area (Å²) in [6, 6.07) is 0. The zero-order valence-corrected chi connectivity index (χ0v) is 7.17. The maximum atomic E-state index is 10.2. The second-order valence-corrected chi connectivity index (χ2v) is 3.87. The minimum absolute atomic E-state index is 0. The predicted molar refractivity (Wildman–Crippen MR) is 49.6 cm³/mol. The van der Waals surface area contributed by atoms with E-state index in [-0.39, 0.29) is 48.0 Å². The van der Waals surface area contributed by atoms with Gasteiger partial charge in [-0.1, -0.05) is 6.58 Å². The van der Waals surface area contributed by atoms with E-state index in [9.17, 15) is 13.2 Å². The van der Waals surface area contributed by atoms with Crippen LogP contribution in [0.4, 0.5) is 0 Å². The van der Waals surface area contributed by atoms with Crippen LogP contribution in [-0.2, 0) is 14.9 Å². The first-order chi connectivity index (χ1) is 5.33. The number of hydrogen-bond acceptors (Lipinski definition) is 3. The molecular weight excluding hydrogens is 207 g/mol. The minimum atomic E-state index is -3.98. The molecule has 0 rings (SSSR count). The molecule has 0 aliphatic carbocycles. The van der Waals surface area contributed by atoms with Crippen molar-refractivity contribution in [2.45, 2.75) is 12.8 Å². The Morgan fingerprint density at radius 1 is 1.38 bits per heavy atom. The Bertz CT molecular complexity index is 281. The summed E-state index contributed by atoms with van der Waals surface area (Å²) in [5.74, 6) is -1.58. The summed E-state index contributed by atoms with van der Waals surface area (Å²) >= 11 is 0. The second kappa shape index (κ2) is 6.56. The van der Waals surface area contributed by atoms with Gasteiger partial charge in [-0.3, -0.25) is 4.55 Å². The zero-order valence-electron chi connectivity index (χ0n) is 6.36. The molecule has 72 valence electrons. The van der Waals surface area contributed by atoms with Crippen molar-refractivity contribution in [3.05, 3.63) is 12.2 Å². The quantitative estimate of drug-likeness (QED) is 0.374. The molecule has 0 bridgehead atoms. The maximum absolute atomic E-state index is 10.2. The van der Waals surface area contributed by atoms with Crippen LogP contribution in [0, 0.1) is 0 Å². The SMILES string of the molecule is C=C(CCCS(=O)(=O)O)C(=O)O.[NaH]. The average molecular weight is 218 g/mol. The van der Waals surface area contributed by atoms with Gasteiger partial charge in [-0.15, -0.1) is 0 Å². The third kappa shape index (κ3) is 10.0. The van der Waals surface area contributed by atoms with E-state index in [1.54, 1.807) is 0 Å². The van der Waals surface area contributed by atoms with Crippen LogP contribution in [0.25, 0.3) is 0 Å². The van der Waals surface area contributed by atoms with Crippen molar-refractivity contribution < 1.29 is 22.9 Å². The van der Waals surface area contributed by atoms with E-state index >= 15 is 0 Å². The molecule has 0 fully saturated rings. The normalized spacial score (nSPS) is 10.2. The molecule has 0 aromatic rings. The second-order valence-electron chi connectivity index (χ2n) is 2.30. The third-order valence-electron chi connectivity index (χ3n) is 1.18. The van der Waals surface area contributed by atoms with E-state index in [0.717, 1.165) is 0 Å². The number of hydrogen-bond donors (Lipinski definition) is 2. The number of rotatable bonds is 5. The topological polar surface area (TPSA) is 91.7 Å². The van der Waals surface area contributed by atoms with Gasteiger partial charge in [0, 0.05) is 5.57 Å². The van der Waals surface area contributed by atoms with Gasteiger partial charge in [0.25, 0.3) is 10.1 Å². The molecule has 0 aromatic carbocycles. The van der Waals surface area contributed by atoms with Crippen molar-refractivity contribution in [1.29, 1.82) is 0 Å². The summed E-state index contributed by atoms with van der Waals surface area (Å²) in [6.45, 7) is 3.20. The molecular formula is C6H11NaO5S. The first-order valence-electron chi connectivity index (χ1n) is 3.19. The van der Waals surface area contributed by atoms with Crippen molar-refractivity contribution in [3.8, 4) is 0 Å². The Hall–Kier alpha value is 0.120. The van der Waals surface area contributed by atoms with Gasteiger partial charge < -0.3 is 5.11 Å². The van der Waals surface area contributed by atoms with Crippen molar-refractivity contribution in [3.63, 3.8) is 0 Å². The van der Waals surface area contributed by atoms with E-state index in [0.29, 0.717) is 0 Å². The summed E-state index contributed by atoms with van der Waals surface area (Å²) in [4.78, 5) is 10.1. The van der Waals surface area contributed by atoms with E-state index in [1.807, 2.05) is 0 Å². The van der Waals surface area contributed by atoms with E-state index in [2.05, 4.69) is 6.58 Å². The molecule has 0 spiro atoms. The van der Waals surface area contributed by atoms with E-state index < -0.39 is 21.8 Å². The number of carboxylic acid groups (broad SMARTS) is 1. The Balaban J connectivity index is 0. The van der Waals surface area contributed by atoms with Crippen molar-refractivity contribution in [1.82, 2.24) is 0 Å². The van der Waals surface area contributed by atoms with Gasteiger partial charge in [-0.2, -0.15) is 8.42 Å². The number of carboxylic acids is 1. The molecule has 0 saturated heterocycles. The van der Waals surface area contributed by atoms with Crippen molar-refractivity contribution in [2.24, 2.45) is 0 Å². The monoisotopic (exact) mass is 218 g/mol. The summed E-state index contributed by atoms with van der Waals surface area (Å²) in [5, 5.41) is 8.30. The third-order valence-corrected chi connectivity index (χ3v) is 1.99. The first-order valence-corrected chi connectivity index (χ1v) is 4.80. The van der Waals surface area contributed by atoms with Crippen LogP contribution in [0.3, 0.4) is 0 Å². The van der Waals surface area contributed by atoms with Crippen LogP contribution >= 0.6 is 0 Å². The standard InChI is InChI=1S/C6H10O5S.Na.H/c1-5(6(7)8)3-2-4-12(9,10)11;;/h1-4H2,(H,7,8)(H,9,10,11);;. The molecule has 0 unspecified atom stereocenters. The van der Waals surface area contributed by atoms with Crippen LogP contribution in [-0.4, -0.2) is 59.4 Å². The van der Waals surface area contributed by atoms with Gasteiger partial charge in [0.15, 0.2) is 0 Å². The van der Waals surface area contributed by atoms with Gasteiger partial charge >= 0.3 is 35.5 Å². The molecule has 0 amide bonds. The zero-order chi connectivity index (χ0) is 9.78. The van der Waals surface area contributed by atoms with Gasteiger partial charge in [0.05, 0.1) is 5.75 Å². The Kier molecular flexibility index (Phi) is 7.86. The van der Waals surface area contributed by atoms with Gasteiger partial charge in [-0.25, -0.2) is 4.79 Å². The van der Waals surface area contributed by atoms with Crippen LogP contribution in [0.5, 0.6) is 0 Å². The fraction of sp³-hybridized carbons (Fsp3) is 0.500. The van der Waals surface area contributed by atoms with Crippen molar-refractivity contribution >= 4 is 45.6 Å². The molecule has 5 nitrogen and oxygen atoms in total. The Morgan fingerprint density at radius 3 is 2.15 bits per heavy atom. The first kappa shape index (κ1) is 15.6. The average Bonchev–Trinajstić information content (AvgIpc) is 1.84. The summed E-state index contributed by atoms with van der Waals surface area (Å²) in [5.41, 5.74) is -0.0568. The molecule has 0 saturated carbocycles. The van der Waals surface area contributed by atoms with Crippen molar-refractivity contribution in [2.75, 3.05) is 5.75 Å². The fourth-order valence-corrected chi connectivity index (χ4v) is 1.08. The molecule has 0 aliphatic heterocycles. The fourth-order valence-electron chi connectivity index (χ4n) is 0.575. The van der Waals surface area contributed by atoms with Gasteiger partial charge in [-0.05, 0) is 12.8 Å². The summed E-state index contributed by atoms with van der Waals surface area (Å²) in [7, 11) is -3.98. The predicted octanol–water partition coefficient (Wildman–Crippen LogP) is -0.353. The van der Waals surface area contributed by atoms with Crippen LogP contribution < -0.4 is 0 Å². The van der Waals surface area contributed by atoms with Gasteiger partial charge in [0.2, 0.25) is 0 Å². The molecule has 0 aromatic heterocycles. The molecule has 0 atom stereocenters. The summed E-state index contributed by atoms with van der Waals surface area (Å²) in [6.07, 6.45) is 0.138. The molecule has 0 aliphatic rings.